The molecule has 0 saturated heterocycles. The lowest BCUT2D eigenvalue weighted by molar-refractivity contribution is 0.508. The summed E-state index contributed by atoms with van der Waals surface area (Å²) < 4.78 is 0. The maximum Gasteiger partial charge on any atom is 0.0270 e. The lowest BCUT2D eigenvalue weighted by atomic mass is 9.92. The molecule has 0 amide bonds. The standard InChI is InChI=1S/C18H24N2/c1-15(2)20-14-18(17-6-4-3-5-7-17)9-8-16-10-12-19-13-11-16/h3-7,10-13,15,18,20H,8-9,14H2,1-2H3. The van der Waals surface area contributed by atoms with Crippen LogP contribution in [-0.2, 0) is 6.42 Å². The summed E-state index contributed by atoms with van der Waals surface area (Å²) in [5.41, 5.74) is 2.79. The van der Waals surface area contributed by atoms with Crippen LogP contribution in [0, 0.1) is 0 Å². The van der Waals surface area contributed by atoms with Gasteiger partial charge in [0.25, 0.3) is 0 Å². The van der Waals surface area contributed by atoms with Crippen molar-refractivity contribution < 1.29 is 0 Å². The van der Waals surface area contributed by atoms with Crippen LogP contribution >= 0.6 is 0 Å². The van der Waals surface area contributed by atoms with Crippen molar-refractivity contribution in [1.29, 1.82) is 0 Å². The molecule has 2 heteroatoms. The first-order chi connectivity index (χ1) is 9.75. The molecule has 1 aromatic carbocycles. The Labute approximate surface area is 122 Å². The van der Waals surface area contributed by atoms with Crippen molar-refractivity contribution in [3.05, 3.63) is 66.0 Å². The lowest BCUT2D eigenvalue weighted by Crippen LogP contribution is -2.28. The molecule has 0 radical (unpaired) electrons. The normalized spacial score (nSPS) is 12.6. The Balaban J connectivity index is 1.99. The zero-order valence-electron chi connectivity index (χ0n) is 12.4. The van der Waals surface area contributed by atoms with Crippen molar-refractivity contribution in [3.63, 3.8) is 0 Å². The average molecular weight is 268 g/mol. The Bertz CT molecular complexity index is 479. The minimum Gasteiger partial charge on any atom is -0.314 e. The van der Waals surface area contributed by atoms with Crippen molar-refractivity contribution >= 4 is 0 Å². The fraction of sp³-hybridized carbons (Fsp3) is 0.389. The van der Waals surface area contributed by atoms with Crippen molar-refractivity contribution in [2.24, 2.45) is 0 Å². The van der Waals surface area contributed by atoms with Crippen LogP contribution in [-0.4, -0.2) is 17.6 Å². The van der Waals surface area contributed by atoms with E-state index in [-0.39, 0.29) is 0 Å². The first-order valence-corrected chi connectivity index (χ1v) is 7.43. The summed E-state index contributed by atoms with van der Waals surface area (Å²) in [6, 6.07) is 15.6. The van der Waals surface area contributed by atoms with Gasteiger partial charge in [0.1, 0.15) is 0 Å². The van der Waals surface area contributed by atoms with Gasteiger partial charge in [0.15, 0.2) is 0 Å². The molecule has 2 nitrogen and oxygen atoms in total. The summed E-state index contributed by atoms with van der Waals surface area (Å²) in [6.07, 6.45) is 6.01. The van der Waals surface area contributed by atoms with Crippen molar-refractivity contribution in [2.75, 3.05) is 6.54 Å². The van der Waals surface area contributed by atoms with E-state index in [4.69, 9.17) is 0 Å². The molecule has 1 atom stereocenters. The maximum atomic E-state index is 4.08. The lowest BCUT2D eigenvalue weighted by Gasteiger charge is -2.20. The molecular formula is C18H24N2. The van der Waals surface area contributed by atoms with Crippen LogP contribution < -0.4 is 5.32 Å². The molecule has 106 valence electrons. The molecule has 0 aliphatic heterocycles. The Hall–Kier alpha value is -1.67. The number of aromatic nitrogens is 1. The van der Waals surface area contributed by atoms with E-state index in [1.54, 1.807) is 0 Å². The highest BCUT2D eigenvalue weighted by molar-refractivity contribution is 5.21. The molecule has 1 unspecified atom stereocenters. The molecular weight excluding hydrogens is 244 g/mol. The summed E-state index contributed by atoms with van der Waals surface area (Å²) in [7, 11) is 0. The third-order valence-electron chi connectivity index (χ3n) is 3.57. The van der Waals surface area contributed by atoms with Gasteiger partial charge >= 0.3 is 0 Å². The van der Waals surface area contributed by atoms with Gasteiger partial charge in [0, 0.05) is 25.0 Å². The number of pyridine rings is 1. The molecule has 2 rings (SSSR count). The van der Waals surface area contributed by atoms with Gasteiger partial charge < -0.3 is 5.32 Å². The van der Waals surface area contributed by atoms with Crippen molar-refractivity contribution in [3.8, 4) is 0 Å². The number of hydrogen-bond donors (Lipinski definition) is 1. The fourth-order valence-corrected chi connectivity index (χ4v) is 2.38. The second-order valence-corrected chi connectivity index (χ2v) is 5.56. The molecule has 1 aromatic heterocycles. The Morgan fingerprint density at radius 2 is 1.70 bits per heavy atom. The van der Waals surface area contributed by atoms with E-state index >= 15 is 0 Å². The monoisotopic (exact) mass is 268 g/mol. The van der Waals surface area contributed by atoms with Crippen LogP contribution in [0.3, 0.4) is 0 Å². The quantitative estimate of drug-likeness (QED) is 0.826. The Morgan fingerprint density at radius 3 is 2.35 bits per heavy atom. The number of benzene rings is 1. The van der Waals surface area contributed by atoms with Crippen LogP contribution in [0.2, 0.25) is 0 Å². The fourth-order valence-electron chi connectivity index (χ4n) is 2.38. The smallest absolute Gasteiger partial charge is 0.0270 e. The van der Waals surface area contributed by atoms with Gasteiger partial charge in [-0.25, -0.2) is 0 Å². The molecule has 0 saturated carbocycles. The van der Waals surface area contributed by atoms with Gasteiger partial charge in [-0.15, -0.1) is 0 Å². The van der Waals surface area contributed by atoms with Gasteiger partial charge in [0.05, 0.1) is 0 Å². The van der Waals surface area contributed by atoms with Crippen LogP contribution in [0.25, 0.3) is 0 Å². The molecule has 0 bridgehead atoms. The second-order valence-electron chi connectivity index (χ2n) is 5.56. The summed E-state index contributed by atoms with van der Waals surface area (Å²) >= 11 is 0. The van der Waals surface area contributed by atoms with Gasteiger partial charge in [-0.3, -0.25) is 4.98 Å². The van der Waals surface area contributed by atoms with Gasteiger partial charge in [0.2, 0.25) is 0 Å². The minimum atomic E-state index is 0.530. The van der Waals surface area contributed by atoms with Crippen LogP contribution in [0.4, 0.5) is 0 Å². The van der Waals surface area contributed by atoms with E-state index in [9.17, 15) is 0 Å². The molecule has 0 spiro atoms. The maximum absolute atomic E-state index is 4.08. The largest absolute Gasteiger partial charge is 0.314 e. The van der Waals surface area contributed by atoms with Crippen LogP contribution in [0.5, 0.6) is 0 Å². The summed E-state index contributed by atoms with van der Waals surface area (Å²) in [4.78, 5) is 4.08. The summed E-state index contributed by atoms with van der Waals surface area (Å²) in [5.74, 6) is 0.562. The number of aryl methyl sites for hydroxylation is 1. The summed E-state index contributed by atoms with van der Waals surface area (Å²) in [5, 5.41) is 3.57. The molecule has 0 aliphatic carbocycles. The van der Waals surface area contributed by atoms with Crippen LogP contribution in [0.15, 0.2) is 54.9 Å². The SMILES string of the molecule is CC(C)NCC(CCc1ccncc1)c1ccccc1. The molecule has 0 aliphatic rings. The van der Waals surface area contributed by atoms with E-state index in [0.717, 1.165) is 19.4 Å². The molecule has 1 heterocycles. The first-order valence-electron chi connectivity index (χ1n) is 7.43. The van der Waals surface area contributed by atoms with Crippen LogP contribution in [0.1, 0.15) is 37.3 Å². The minimum absolute atomic E-state index is 0.530. The zero-order chi connectivity index (χ0) is 14.2. The Kier molecular flexibility index (Phi) is 5.75. The van der Waals surface area contributed by atoms with Gasteiger partial charge in [-0.05, 0) is 42.0 Å². The van der Waals surface area contributed by atoms with Gasteiger partial charge in [-0.1, -0.05) is 44.2 Å². The highest BCUT2D eigenvalue weighted by atomic mass is 14.9. The Morgan fingerprint density at radius 1 is 1.00 bits per heavy atom. The number of rotatable bonds is 7. The third-order valence-corrected chi connectivity index (χ3v) is 3.57. The van der Waals surface area contributed by atoms with E-state index < -0.39 is 0 Å². The summed E-state index contributed by atoms with van der Waals surface area (Å²) in [6.45, 7) is 5.43. The number of nitrogens with zero attached hydrogens (tertiary/aromatic N) is 1. The van der Waals surface area contributed by atoms with Crippen molar-refractivity contribution in [2.45, 2.75) is 38.6 Å². The highest BCUT2D eigenvalue weighted by Gasteiger charge is 2.11. The number of nitrogens with one attached hydrogen (secondary N) is 1. The second kappa shape index (κ2) is 7.81. The van der Waals surface area contributed by atoms with E-state index in [0.29, 0.717) is 12.0 Å². The van der Waals surface area contributed by atoms with E-state index in [1.807, 2.05) is 12.4 Å². The topological polar surface area (TPSA) is 24.9 Å². The molecule has 2 aromatic rings. The van der Waals surface area contributed by atoms with E-state index in [1.165, 1.54) is 11.1 Å². The average Bonchev–Trinajstić information content (AvgIpc) is 2.49. The zero-order valence-corrected chi connectivity index (χ0v) is 12.4. The predicted molar refractivity (Wildman–Crippen MR) is 84.9 cm³/mol. The van der Waals surface area contributed by atoms with Gasteiger partial charge in [-0.2, -0.15) is 0 Å². The highest BCUT2D eigenvalue weighted by Crippen LogP contribution is 2.21. The molecule has 1 N–H and O–H groups in total. The first kappa shape index (κ1) is 14.7. The van der Waals surface area contributed by atoms with E-state index in [2.05, 4.69) is 66.6 Å². The number of hydrogen-bond acceptors (Lipinski definition) is 2. The molecule has 20 heavy (non-hydrogen) atoms. The van der Waals surface area contributed by atoms with Crippen molar-refractivity contribution in [1.82, 2.24) is 10.3 Å². The third kappa shape index (κ3) is 4.78. The molecule has 0 fully saturated rings. The predicted octanol–water partition coefficient (Wildman–Crippen LogP) is 3.80.